The fourth-order valence-corrected chi connectivity index (χ4v) is 1.59. The van der Waals surface area contributed by atoms with E-state index in [9.17, 15) is 4.79 Å². The number of hydrogen-bond acceptors (Lipinski definition) is 2. The molecule has 2 N–H and O–H groups in total. The van der Waals surface area contributed by atoms with Crippen molar-refractivity contribution in [1.82, 2.24) is 0 Å². The third-order valence-corrected chi connectivity index (χ3v) is 2.59. The lowest BCUT2D eigenvalue weighted by molar-refractivity contribution is 0.0983. The van der Waals surface area contributed by atoms with E-state index in [4.69, 9.17) is 5.73 Å². The lowest BCUT2D eigenvalue weighted by Gasteiger charge is -2.05. The fraction of sp³-hybridized carbons (Fsp3) is 0.250. The minimum absolute atomic E-state index is 0.0665. The van der Waals surface area contributed by atoms with Gasteiger partial charge < -0.3 is 5.73 Å². The molecule has 0 aliphatic rings. The normalized spacial score (nSPS) is 10.0. The molecule has 0 amide bonds. The number of anilines is 1. The summed E-state index contributed by atoms with van der Waals surface area (Å²) in [6, 6.07) is 5.32. The molecule has 0 aliphatic heterocycles. The van der Waals surface area contributed by atoms with E-state index >= 15 is 0 Å². The van der Waals surface area contributed by atoms with E-state index < -0.39 is 0 Å². The Bertz CT molecular complexity index is 399. The Morgan fingerprint density at radius 2 is 2.13 bits per heavy atom. The van der Waals surface area contributed by atoms with Gasteiger partial charge in [-0.15, -0.1) is 6.58 Å². The zero-order chi connectivity index (χ0) is 11.4. The smallest absolute Gasteiger partial charge is 0.165 e. The molecule has 0 fully saturated rings. The lowest BCUT2D eigenvalue weighted by Crippen LogP contribution is -2.03. The van der Waals surface area contributed by atoms with Crippen LogP contribution in [0.3, 0.4) is 0 Å². The second-order valence-electron chi connectivity index (χ2n) is 3.61. The Labute approximate surface area is 98.3 Å². The number of carbonyl (C=O) groups excluding carboxylic acids is 1. The number of Topliss-reactive ketones (excluding diaryl/α,β-unsaturated/α-hetero) is 1. The Kier molecular flexibility index (Phi) is 4.09. The van der Waals surface area contributed by atoms with E-state index in [1.165, 1.54) is 0 Å². The van der Waals surface area contributed by atoms with E-state index in [2.05, 4.69) is 22.5 Å². The summed E-state index contributed by atoms with van der Waals surface area (Å²) in [6.07, 6.45) is 1.18. The van der Waals surface area contributed by atoms with Crippen LogP contribution in [0.15, 0.2) is 34.8 Å². The number of allylic oxidation sites excluding steroid dienone is 1. The maximum atomic E-state index is 11.8. The monoisotopic (exact) mass is 267 g/mol. The maximum Gasteiger partial charge on any atom is 0.165 e. The zero-order valence-electron chi connectivity index (χ0n) is 8.72. The molecule has 3 heteroatoms. The standard InChI is InChI=1S/C12H14BrNO/c1-8(2)3-6-12(15)10-7-9(13)4-5-11(10)14/h4-5,7H,1,3,6,14H2,2H3. The number of halogens is 1. The summed E-state index contributed by atoms with van der Waals surface area (Å²) in [7, 11) is 0. The summed E-state index contributed by atoms with van der Waals surface area (Å²) < 4.78 is 0.871. The molecule has 0 heterocycles. The van der Waals surface area contributed by atoms with Gasteiger partial charge in [-0.1, -0.05) is 21.5 Å². The number of nitrogen functional groups attached to an aromatic ring is 1. The Balaban J connectivity index is 2.81. The highest BCUT2D eigenvalue weighted by atomic mass is 79.9. The van der Waals surface area contributed by atoms with Crippen molar-refractivity contribution >= 4 is 27.4 Å². The molecule has 0 bridgehead atoms. The molecule has 1 rings (SSSR count). The van der Waals surface area contributed by atoms with Gasteiger partial charge in [-0.2, -0.15) is 0 Å². The quantitative estimate of drug-likeness (QED) is 0.515. The SMILES string of the molecule is C=C(C)CCC(=O)c1cc(Br)ccc1N. The van der Waals surface area contributed by atoms with Gasteiger partial charge in [-0.3, -0.25) is 4.79 Å². The van der Waals surface area contributed by atoms with Crippen LogP contribution in [-0.4, -0.2) is 5.78 Å². The first-order valence-corrected chi connectivity index (χ1v) is 5.52. The van der Waals surface area contributed by atoms with Crippen LogP contribution in [0.5, 0.6) is 0 Å². The van der Waals surface area contributed by atoms with E-state index in [0.717, 1.165) is 10.0 Å². The first kappa shape index (κ1) is 12.0. The average Bonchev–Trinajstić information content (AvgIpc) is 2.18. The lowest BCUT2D eigenvalue weighted by atomic mass is 10.0. The van der Waals surface area contributed by atoms with Gasteiger partial charge in [0.25, 0.3) is 0 Å². The van der Waals surface area contributed by atoms with Crippen molar-refractivity contribution in [2.75, 3.05) is 5.73 Å². The molecule has 1 aromatic rings. The van der Waals surface area contributed by atoms with Gasteiger partial charge in [0.2, 0.25) is 0 Å². The van der Waals surface area contributed by atoms with Gasteiger partial charge in [0.05, 0.1) is 0 Å². The first-order chi connectivity index (χ1) is 7.00. The minimum atomic E-state index is 0.0665. The molecular formula is C12H14BrNO. The van der Waals surface area contributed by atoms with Crippen molar-refractivity contribution in [3.05, 3.63) is 40.4 Å². The molecule has 0 spiro atoms. The van der Waals surface area contributed by atoms with Crippen molar-refractivity contribution < 1.29 is 4.79 Å². The van der Waals surface area contributed by atoms with E-state index in [0.29, 0.717) is 24.1 Å². The third kappa shape index (κ3) is 3.51. The van der Waals surface area contributed by atoms with Crippen LogP contribution in [0.4, 0.5) is 5.69 Å². The predicted octanol–water partition coefficient (Wildman–Crippen LogP) is 3.57. The second kappa shape index (κ2) is 5.12. The molecule has 0 radical (unpaired) electrons. The average molecular weight is 268 g/mol. The molecule has 15 heavy (non-hydrogen) atoms. The van der Waals surface area contributed by atoms with Crippen LogP contribution in [0.2, 0.25) is 0 Å². The van der Waals surface area contributed by atoms with E-state index in [-0.39, 0.29) is 5.78 Å². The summed E-state index contributed by atoms with van der Waals surface area (Å²) in [4.78, 5) is 11.8. The summed E-state index contributed by atoms with van der Waals surface area (Å²) >= 11 is 3.32. The van der Waals surface area contributed by atoms with Crippen molar-refractivity contribution in [3.63, 3.8) is 0 Å². The second-order valence-corrected chi connectivity index (χ2v) is 4.53. The van der Waals surface area contributed by atoms with Crippen molar-refractivity contribution in [2.24, 2.45) is 0 Å². The molecular weight excluding hydrogens is 254 g/mol. The Morgan fingerprint density at radius 1 is 1.47 bits per heavy atom. The van der Waals surface area contributed by atoms with Crippen LogP contribution in [0, 0.1) is 0 Å². The highest BCUT2D eigenvalue weighted by Gasteiger charge is 2.09. The molecule has 0 saturated carbocycles. The molecule has 0 aromatic heterocycles. The zero-order valence-corrected chi connectivity index (χ0v) is 10.3. The van der Waals surface area contributed by atoms with Gasteiger partial charge in [-0.25, -0.2) is 0 Å². The Hall–Kier alpha value is -1.09. The number of carbonyl (C=O) groups is 1. The maximum absolute atomic E-state index is 11.8. The van der Waals surface area contributed by atoms with Crippen molar-refractivity contribution in [2.45, 2.75) is 19.8 Å². The third-order valence-electron chi connectivity index (χ3n) is 2.09. The number of nitrogens with two attached hydrogens (primary N) is 1. The first-order valence-electron chi connectivity index (χ1n) is 4.73. The largest absolute Gasteiger partial charge is 0.398 e. The minimum Gasteiger partial charge on any atom is -0.398 e. The molecule has 80 valence electrons. The van der Waals surface area contributed by atoms with Gasteiger partial charge in [-0.05, 0) is 31.5 Å². The van der Waals surface area contributed by atoms with E-state index in [1.54, 1.807) is 12.1 Å². The number of benzene rings is 1. The molecule has 1 aromatic carbocycles. The van der Waals surface area contributed by atoms with Crippen molar-refractivity contribution in [1.29, 1.82) is 0 Å². The number of rotatable bonds is 4. The summed E-state index contributed by atoms with van der Waals surface area (Å²) in [5, 5.41) is 0. The Morgan fingerprint density at radius 3 is 2.73 bits per heavy atom. The van der Waals surface area contributed by atoms with Crippen LogP contribution in [0.1, 0.15) is 30.1 Å². The van der Waals surface area contributed by atoms with Crippen molar-refractivity contribution in [3.8, 4) is 0 Å². The molecule has 2 nitrogen and oxygen atoms in total. The topological polar surface area (TPSA) is 43.1 Å². The number of hydrogen-bond donors (Lipinski definition) is 1. The molecule has 0 unspecified atom stereocenters. The van der Waals surface area contributed by atoms with Gasteiger partial charge in [0.15, 0.2) is 5.78 Å². The molecule has 0 saturated heterocycles. The van der Waals surface area contributed by atoms with Crippen LogP contribution >= 0.6 is 15.9 Å². The fourth-order valence-electron chi connectivity index (χ4n) is 1.23. The molecule has 0 atom stereocenters. The summed E-state index contributed by atoms with van der Waals surface area (Å²) in [6.45, 7) is 5.68. The highest BCUT2D eigenvalue weighted by Crippen LogP contribution is 2.20. The summed E-state index contributed by atoms with van der Waals surface area (Å²) in [5.41, 5.74) is 7.86. The van der Waals surface area contributed by atoms with Crippen LogP contribution < -0.4 is 5.73 Å². The van der Waals surface area contributed by atoms with Crippen LogP contribution in [0.25, 0.3) is 0 Å². The highest BCUT2D eigenvalue weighted by molar-refractivity contribution is 9.10. The van der Waals surface area contributed by atoms with Gasteiger partial charge in [0, 0.05) is 22.1 Å². The van der Waals surface area contributed by atoms with E-state index in [1.807, 2.05) is 13.0 Å². The number of ketones is 1. The van der Waals surface area contributed by atoms with Gasteiger partial charge >= 0.3 is 0 Å². The predicted molar refractivity (Wildman–Crippen MR) is 66.9 cm³/mol. The molecule has 0 aliphatic carbocycles. The van der Waals surface area contributed by atoms with Crippen LogP contribution in [-0.2, 0) is 0 Å². The summed E-state index contributed by atoms with van der Waals surface area (Å²) in [5.74, 6) is 0.0665. The van der Waals surface area contributed by atoms with Gasteiger partial charge in [0.1, 0.15) is 0 Å².